The highest BCUT2D eigenvalue weighted by molar-refractivity contribution is 7.93. The van der Waals surface area contributed by atoms with E-state index in [0.717, 1.165) is 16.6 Å². The summed E-state index contributed by atoms with van der Waals surface area (Å²) in [6, 6.07) is 1.14. The molecule has 0 unspecified atom stereocenters. The second-order valence-corrected chi connectivity index (χ2v) is 7.30. The molecular formula is C12H15N3O4S2. The lowest BCUT2D eigenvalue weighted by atomic mass is 10.4. The van der Waals surface area contributed by atoms with Crippen LogP contribution in [-0.2, 0) is 16.6 Å². The summed E-state index contributed by atoms with van der Waals surface area (Å²) in [4.78, 5) is 16.0. The van der Waals surface area contributed by atoms with Crippen LogP contribution in [0.25, 0.3) is 0 Å². The lowest BCUT2D eigenvalue weighted by Gasteiger charge is -2.02. The minimum absolute atomic E-state index is 0.0654. The number of nitrogens with one attached hydrogen (secondary N) is 1. The normalized spacial score (nSPS) is 11.6. The van der Waals surface area contributed by atoms with Gasteiger partial charge in [-0.25, -0.2) is 18.2 Å². The Hall–Kier alpha value is -1.87. The number of aryl methyl sites for hydroxylation is 3. The highest BCUT2D eigenvalue weighted by Crippen LogP contribution is 2.24. The van der Waals surface area contributed by atoms with Crippen molar-refractivity contribution in [3.63, 3.8) is 0 Å². The van der Waals surface area contributed by atoms with Gasteiger partial charge in [-0.15, -0.1) is 11.3 Å². The third-order valence-electron chi connectivity index (χ3n) is 2.99. The van der Waals surface area contributed by atoms with E-state index in [1.54, 1.807) is 13.8 Å². The summed E-state index contributed by atoms with van der Waals surface area (Å²) in [5.74, 6) is -1.17. The van der Waals surface area contributed by atoms with Crippen molar-refractivity contribution in [3.05, 3.63) is 28.5 Å². The molecule has 2 heterocycles. The van der Waals surface area contributed by atoms with Gasteiger partial charge in [0.15, 0.2) is 5.13 Å². The minimum atomic E-state index is -3.85. The van der Waals surface area contributed by atoms with E-state index in [2.05, 4.69) is 9.71 Å². The Balaban J connectivity index is 2.37. The Labute approximate surface area is 126 Å². The fraction of sp³-hybridized carbons (Fsp3) is 0.333. The van der Waals surface area contributed by atoms with Crippen LogP contribution in [0.5, 0.6) is 0 Å². The van der Waals surface area contributed by atoms with Crippen molar-refractivity contribution in [2.45, 2.75) is 32.2 Å². The van der Waals surface area contributed by atoms with E-state index in [-0.39, 0.29) is 15.7 Å². The summed E-state index contributed by atoms with van der Waals surface area (Å²) in [5, 5.41) is 9.33. The number of carboxylic acid groups (broad SMARTS) is 1. The topological polar surface area (TPSA) is 101 Å². The molecule has 7 nitrogen and oxygen atoms in total. The molecule has 0 aliphatic carbocycles. The number of sulfonamides is 1. The molecule has 0 aliphatic rings. The number of nitrogens with zero attached hydrogens (tertiary/aromatic N) is 2. The van der Waals surface area contributed by atoms with Crippen molar-refractivity contribution in [1.82, 2.24) is 9.55 Å². The standard InChI is InChI=1S/C12H15N3O4S2/c1-4-15-6-9(5-10(15)11(16)17)21(18,19)14-12-13-7(2)8(3)20-12/h5-6H,4H2,1-3H3,(H,13,14)(H,16,17). The summed E-state index contributed by atoms with van der Waals surface area (Å²) in [7, 11) is -3.85. The van der Waals surface area contributed by atoms with E-state index in [1.807, 2.05) is 6.92 Å². The van der Waals surface area contributed by atoms with Crippen LogP contribution in [0.4, 0.5) is 5.13 Å². The van der Waals surface area contributed by atoms with Crippen molar-refractivity contribution in [2.75, 3.05) is 4.72 Å². The van der Waals surface area contributed by atoms with Crippen LogP contribution in [0.2, 0.25) is 0 Å². The zero-order valence-corrected chi connectivity index (χ0v) is 13.4. The molecule has 9 heteroatoms. The molecule has 2 rings (SSSR count). The smallest absolute Gasteiger partial charge is 0.352 e. The second-order valence-electron chi connectivity index (χ2n) is 4.42. The van der Waals surface area contributed by atoms with Crippen LogP contribution < -0.4 is 4.72 Å². The van der Waals surface area contributed by atoms with Crippen molar-refractivity contribution < 1.29 is 18.3 Å². The highest BCUT2D eigenvalue weighted by atomic mass is 32.2. The Morgan fingerprint density at radius 3 is 2.57 bits per heavy atom. The SMILES string of the molecule is CCn1cc(S(=O)(=O)Nc2nc(C)c(C)s2)cc1C(=O)O. The number of carbonyl (C=O) groups is 1. The van der Waals surface area contributed by atoms with Crippen LogP contribution >= 0.6 is 11.3 Å². The molecule has 0 saturated carbocycles. The first-order valence-corrected chi connectivity index (χ1v) is 8.45. The molecule has 0 bridgehead atoms. The monoisotopic (exact) mass is 329 g/mol. The van der Waals surface area contributed by atoms with Gasteiger partial charge < -0.3 is 9.67 Å². The maximum absolute atomic E-state index is 12.3. The largest absolute Gasteiger partial charge is 0.477 e. The molecule has 0 fully saturated rings. The van der Waals surface area contributed by atoms with Crippen LogP contribution in [0, 0.1) is 13.8 Å². The maximum Gasteiger partial charge on any atom is 0.352 e. The molecular weight excluding hydrogens is 314 g/mol. The van der Waals surface area contributed by atoms with Crippen LogP contribution in [0.1, 0.15) is 28.0 Å². The van der Waals surface area contributed by atoms with Crippen molar-refractivity contribution in [3.8, 4) is 0 Å². The van der Waals surface area contributed by atoms with Crippen molar-refractivity contribution in [1.29, 1.82) is 0 Å². The number of thiazole rings is 1. The molecule has 2 N–H and O–H groups in total. The Morgan fingerprint density at radius 1 is 1.48 bits per heavy atom. The van der Waals surface area contributed by atoms with E-state index in [4.69, 9.17) is 5.11 Å². The number of hydrogen-bond acceptors (Lipinski definition) is 5. The van der Waals surface area contributed by atoms with Crippen LogP contribution in [-0.4, -0.2) is 29.0 Å². The predicted molar refractivity (Wildman–Crippen MR) is 79.5 cm³/mol. The van der Waals surface area contributed by atoms with Crippen molar-refractivity contribution in [2.24, 2.45) is 0 Å². The third-order valence-corrected chi connectivity index (χ3v) is 5.42. The van der Waals surface area contributed by atoms with Crippen molar-refractivity contribution >= 4 is 32.5 Å². The van der Waals surface area contributed by atoms with E-state index >= 15 is 0 Å². The fourth-order valence-electron chi connectivity index (χ4n) is 1.76. The lowest BCUT2D eigenvalue weighted by molar-refractivity contribution is 0.0685. The van der Waals surface area contributed by atoms with E-state index in [0.29, 0.717) is 6.54 Å². The van der Waals surface area contributed by atoms with Gasteiger partial charge in [-0.3, -0.25) is 4.72 Å². The van der Waals surface area contributed by atoms with Crippen LogP contribution in [0.15, 0.2) is 17.2 Å². The number of anilines is 1. The van der Waals surface area contributed by atoms with E-state index in [1.165, 1.54) is 22.1 Å². The lowest BCUT2D eigenvalue weighted by Crippen LogP contribution is -2.12. The minimum Gasteiger partial charge on any atom is -0.477 e. The summed E-state index contributed by atoms with van der Waals surface area (Å²) >= 11 is 1.23. The average Bonchev–Trinajstić information content (AvgIpc) is 2.93. The summed E-state index contributed by atoms with van der Waals surface area (Å²) in [6.45, 7) is 5.75. The van der Waals surface area contributed by atoms with Gasteiger partial charge in [-0.1, -0.05) is 0 Å². The number of rotatable bonds is 5. The van der Waals surface area contributed by atoms with Gasteiger partial charge in [0.2, 0.25) is 0 Å². The molecule has 0 saturated heterocycles. The molecule has 0 amide bonds. The number of carboxylic acids is 1. The molecule has 0 atom stereocenters. The predicted octanol–water partition coefficient (Wildman–Crippen LogP) is 2.08. The highest BCUT2D eigenvalue weighted by Gasteiger charge is 2.22. The average molecular weight is 329 g/mol. The van der Waals surface area contributed by atoms with E-state index < -0.39 is 16.0 Å². The number of aromatic carboxylic acids is 1. The molecule has 0 spiro atoms. The van der Waals surface area contributed by atoms with Gasteiger partial charge in [-0.2, -0.15) is 0 Å². The molecule has 21 heavy (non-hydrogen) atoms. The van der Waals surface area contributed by atoms with E-state index in [9.17, 15) is 13.2 Å². The van der Waals surface area contributed by atoms with Gasteiger partial charge >= 0.3 is 5.97 Å². The third kappa shape index (κ3) is 3.08. The summed E-state index contributed by atoms with van der Waals surface area (Å²) in [5.41, 5.74) is 0.694. The quantitative estimate of drug-likeness (QED) is 0.874. The zero-order valence-electron chi connectivity index (χ0n) is 11.7. The Morgan fingerprint density at radius 2 is 2.14 bits per heavy atom. The van der Waals surface area contributed by atoms with Crippen LogP contribution in [0.3, 0.4) is 0 Å². The second kappa shape index (κ2) is 5.49. The number of hydrogen-bond donors (Lipinski definition) is 2. The first kappa shape index (κ1) is 15.5. The molecule has 2 aromatic rings. The maximum atomic E-state index is 12.3. The van der Waals surface area contributed by atoms with Gasteiger partial charge in [0, 0.05) is 17.6 Å². The zero-order chi connectivity index (χ0) is 15.8. The number of aromatic nitrogens is 2. The molecule has 2 aromatic heterocycles. The van der Waals surface area contributed by atoms with Gasteiger partial charge in [0.1, 0.15) is 10.6 Å². The molecule has 0 aromatic carbocycles. The first-order chi connectivity index (χ1) is 9.74. The Kier molecular flexibility index (Phi) is 4.06. The first-order valence-electron chi connectivity index (χ1n) is 6.15. The van der Waals surface area contributed by atoms with Gasteiger partial charge in [-0.05, 0) is 26.8 Å². The molecule has 0 aliphatic heterocycles. The Bertz CT molecular complexity index is 770. The fourth-order valence-corrected chi connectivity index (χ4v) is 3.85. The summed E-state index contributed by atoms with van der Waals surface area (Å²) in [6.07, 6.45) is 1.30. The molecule has 0 radical (unpaired) electrons. The van der Waals surface area contributed by atoms with Gasteiger partial charge in [0.05, 0.1) is 5.69 Å². The molecule has 114 valence electrons. The van der Waals surface area contributed by atoms with Gasteiger partial charge in [0.25, 0.3) is 10.0 Å². The summed E-state index contributed by atoms with van der Waals surface area (Å²) < 4.78 is 28.3.